The van der Waals surface area contributed by atoms with E-state index >= 15 is 0 Å². The number of nitrogens with zero attached hydrogens (tertiary/aromatic N) is 2. The molecule has 1 aromatic carbocycles. The first-order valence-electron chi connectivity index (χ1n) is 8.58. The molecule has 0 bridgehead atoms. The summed E-state index contributed by atoms with van der Waals surface area (Å²) in [4.78, 5) is 12.5. The second-order valence-electron chi connectivity index (χ2n) is 6.81. The molecule has 1 atom stereocenters. The van der Waals surface area contributed by atoms with Crippen LogP contribution in [0.25, 0.3) is 0 Å². The zero-order valence-electron chi connectivity index (χ0n) is 14.0. The van der Waals surface area contributed by atoms with Crippen molar-refractivity contribution in [2.45, 2.75) is 37.6 Å². The van der Waals surface area contributed by atoms with E-state index in [4.69, 9.17) is 5.73 Å². The van der Waals surface area contributed by atoms with Gasteiger partial charge in [-0.1, -0.05) is 24.3 Å². The van der Waals surface area contributed by atoms with E-state index in [0.717, 1.165) is 36.9 Å². The number of amides is 1. The van der Waals surface area contributed by atoms with Gasteiger partial charge in [0.15, 0.2) is 0 Å². The van der Waals surface area contributed by atoms with Gasteiger partial charge in [0.05, 0.1) is 18.2 Å². The summed E-state index contributed by atoms with van der Waals surface area (Å²) in [6.07, 6.45) is 7.33. The number of fused-ring (bicyclic) bond motifs is 1. The average Bonchev–Trinajstić information content (AvgIpc) is 3.27. The van der Waals surface area contributed by atoms with Gasteiger partial charge in [0.25, 0.3) is 0 Å². The highest BCUT2D eigenvalue weighted by atomic mass is 32.1. The molecule has 4 nitrogen and oxygen atoms in total. The van der Waals surface area contributed by atoms with Gasteiger partial charge in [-0.2, -0.15) is 16.4 Å². The highest BCUT2D eigenvalue weighted by Crippen LogP contribution is 2.39. The number of hydrogen-bond acceptors (Lipinski definition) is 3. The first-order valence-corrected chi connectivity index (χ1v) is 9.52. The summed E-state index contributed by atoms with van der Waals surface area (Å²) in [7, 11) is 0. The fourth-order valence-electron chi connectivity index (χ4n) is 3.95. The van der Waals surface area contributed by atoms with Crippen LogP contribution in [0.1, 0.15) is 35.1 Å². The summed E-state index contributed by atoms with van der Waals surface area (Å²) in [5.41, 5.74) is 9.95. The Labute approximate surface area is 151 Å². The van der Waals surface area contributed by atoms with Crippen molar-refractivity contribution < 1.29 is 4.79 Å². The van der Waals surface area contributed by atoms with Crippen LogP contribution in [0.3, 0.4) is 0 Å². The molecule has 1 amide bonds. The Balaban J connectivity index is 1.64. The highest BCUT2D eigenvalue weighted by molar-refractivity contribution is 7.07. The maximum Gasteiger partial charge on any atom is 0.228 e. The number of primary amides is 1. The molecule has 0 radical (unpaired) electrons. The zero-order valence-corrected chi connectivity index (χ0v) is 14.8. The molecule has 1 unspecified atom stereocenters. The first-order chi connectivity index (χ1) is 12.2. The van der Waals surface area contributed by atoms with E-state index in [1.807, 2.05) is 29.2 Å². The van der Waals surface area contributed by atoms with Crippen molar-refractivity contribution in [2.75, 3.05) is 0 Å². The van der Waals surface area contributed by atoms with Crippen LogP contribution < -0.4 is 5.73 Å². The number of thiophene rings is 1. The topological polar surface area (TPSA) is 60.9 Å². The Morgan fingerprint density at radius 2 is 2.16 bits per heavy atom. The molecular formula is C20H21N3OS. The largest absolute Gasteiger partial charge is 0.369 e. The van der Waals surface area contributed by atoms with Gasteiger partial charge < -0.3 is 5.73 Å². The second-order valence-corrected chi connectivity index (χ2v) is 7.59. The summed E-state index contributed by atoms with van der Waals surface area (Å²) in [5, 5.41) is 8.67. The van der Waals surface area contributed by atoms with Gasteiger partial charge in [0.2, 0.25) is 5.91 Å². The SMILES string of the molecule is NC(=O)C1(Cc2cnn(Cc3ccsc3)c2)CCCc2ccccc21. The van der Waals surface area contributed by atoms with Gasteiger partial charge in [-0.25, -0.2) is 0 Å². The van der Waals surface area contributed by atoms with Gasteiger partial charge in [0, 0.05) is 6.20 Å². The molecule has 2 heterocycles. The van der Waals surface area contributed by atoms with Gasteiger partial charge in [-0.3, -0.25) is 9.48 Å². The van der Waals surface area contributed by atoms with E-state index in [1.165, 1.54) is 11.1 Å². The molecule has 0 aliphatic heterocycles. The van der Waals surface area contributed by atoms with E-state index in [1.54, 1.807) is 11.3 Å². The number of hydrogen-bond donors (Lipinski definition) is 1. The van der Waals surface area contributed by atoms with Crippen molar-refractivity contribution in [1.29, 1.82) is 0 Å². The first kappa shape index (κ1) is 16.1. The summed E-state index contributed by atoms with van der Waals surface area (Å²) < 4.78 is 1.93. The van der Waals surface area contributed by atoms with Crippen molar-refractivity contribution in [1.82, 2.24) is 9.78 Å². The molecule has 0 saturated carbocycles. The minimum absolute atomic E-state index is 0.231. The van der Waals surface area contributed by atoms with Crippen molar-refractivity contribution in [3.8, 4) is 0 Å². The van der Waals surface area contributed by atoms with E-state index < -0.39 is 5.41 Å². The Kier molecular flexibility index (Phi) is 4.17. The van der Waals surface area contributed by atoms with Crippen molar-refractivity contribution in [2.24, 2.45) is 5.73 Å². The fourth-order valence-corrected chi connectivity index (χ4v) is 4.61. The smallest absolute Gasteiger partial charge is 0.228 e. The van der Waals surface area contributed by atoms with E-state index in [0.29, 0.717) is 6.42 Å². The normalized spacial score (nSPS) is 19.5. The predicted octanol–water partition coefficient (Wildman–Crippen LogP) is 3.30. The molecule has 2 aromatic heterocycles. The van der Waals surface area contributed by atoms with Crippen LogP contribution in [0.4, 0.5) is 0 Å². The molecule has 5 heteroatoms. The fraction of sp³-hybridized carbons (Fsp3) is 0.300. The predicted molar refractivity (Wildman–Crippen MR) is 99.6 cm³/mol. The Bertz CT molecular complexity index is 884. The monoisotopic (exact) mass is 351 g/mol. The molecule has 25 heavy (non-hydrogen) atoms. The van der Waals surface area contributed by atoms with Crippen molar-refractivity contribution in [3.63, 3.8) is 0 Å². The third-order valence-corrected chi connectivity index (χ3v) is 5.90. The van der Waals surface area contributed by atoms with Gasteiger partial charge in [0.1, 0.15) is 0 Å². The van der Waals surface area contributed by atoms with Gasteiger partial charge in [-0.05, 0) is 64.8 Å². The van der Waals surface area contributed by atoms with Crippen LogP contribution >= 0.6 is 11.3 Å². The Morgan fingerprint density at radius 3 is 2.96 bits per heavy atom. The summed E-state index contributed by atoms with van der Waals surface area (Å²) in [6, 6.07) is 10.3. The third-order valence-electron chi connectivity index (χ3n) is 5.17. The molecular weight excluding hydrogens is 330 g/mol. The molecule has 0 fully saturated rings. The minimum atomic E-state index is -0.620. The average molecular weight is 351 g/mol. The van der Waals surface area contributed by atoms with Crippen LogP contribution in [0.15, 0.2) is 53.5 Å². The Hall–Kier alpha value is -2.40. The van der Waals surface area contributed by atoms with E-state index in [2.05, 4.69) is 34.1 Å². The molecule has 1 aliphatic carbocycles. The lowest BCUT2D eigenvalue weighted by atomic mass is 9.66. The molecule has 3 aromatic rings. The second kappa shape index (κ2) is 6.48. The standard InChI is InChI=1S/C20H21N3OS/c21-19(24)20(8-3-5-17-4-1-2-6-18(17)20)10-16-11-22-23(13-16)12-15-7-9-25-14-15/h1-2,4,6-7,9,11,13-14H,3,5,8,10,12H2,(H2,21,24). The van der Waals surface area contributed by atoms with Crippen LogP contribution in [0.2, 0.25) is 0 Å². The van der Waals surface area contributed by atoms with Crippen LogP contribution in [0.5, 0.6) is 0 Å². The number of carbonyl (C=O) groups is 1. The summed E-state index contributed by atoms with van der Waals surface area (Å²) >= 11 is 1.69. The third kappa shape index (κ3) is 3.00. The van der Waals surface area contributed by atoms with Gasteiger partial charge >= 0.3 is 0 Å². The zero-order chi connectivity index (χ0) is 17.3. The number of carbonyl (C=O) groups excluding carboxylic acids is 1. The van der Waals surface area contributed by atoms with Gasteiger partial charge in [-0.15, -0.1) is 0 Å². The van der Waals surface area contributed by atoms with Crippen LogP contribution in [0, 0.1) is 0 Å². The molecule has 0 spiro atoms. The Morgan fingerprint density at radius 1 is 1.28 bits per heavy atom. The quantitative estimate of drug-likeness (QED) is 0.767. The molecule has 2 N–H and O–H groups in total. The number of aromatic nitrogens is 2. The number of benzene rings is 1. The number of rotatable bonds is 5. The maximum absolute atomic E-state index is 12.5. The maximum atomic E-state index is 12.5. The molecule has 4 rings (SSSR count). The van der Waals surface area contributed by atoms with E-state index in [-0.39, 0.29) is 5.91 Å². The highest BCUT2D eigenvalue weighted by Gasteiger charge is 2.42. The number of nitrogens with two attached hydrogens (primary N) is 1. The molecule has 128 valence electrons. The number of aryl methyl sites for hydroxylation is 1. The lowest BCUT2D eigenvalue weighted by molar-refractivity contribution is -0.124. The molecule has 0 saturated heterocycles. The lowest BCUT2D eigenvalue weighted by Crippen LogP contribution is -2.45. The summed E-state index contributed by atoms with van der Waals surface area (Å²) in [6.45, 7) is 0.754. The molecule has 1 aliphatic rings. The lowest BCUT2D eigenvalue weighted by Gasteiger charge is -2.36. The minimum Gasteiger partial charge on any atom is -0.369 e. The summed E-state index contributed by atoms with van der Waals surface area (Å²) in [5.74, 6) is -0.231. The van der Waals surface area contributed by atoms with Crippen LogP contribution in [-0.4, -0.2) is 15.7 Å². The van der Waals surface area contributed by atoms with Crippen molar-refractivity contribution in [3.05, 3.63) is 75.7 Å². The van der Waals surface area contributed by atoms with Crippen molar-refractivity contribution >= 4 is 17.2 Å². The van der Waals surface area contributed by atoms with E-state index in [9.17, 15) is 4.79 Å². The van der Waals surface area contributed by atoms with Crippen LogP contribution in [-0.2, 0) is 29.6 Å².